The highest BCUT2D eigenvalue weighted by Gasteiger charge is 2.39. The number of hydrogen-bond acceptors (Lipinski definition) is 3. The number of hydrogen-bond donors (Lipinski definition) is 2. The van der Waals surface area contributed by atoms with E-state index in [1.165, 1.54) is 29.7 Å². The van der Waals surface area contributed by atoms with Gasteiger partial charge in [-0.15, -0.1) is 0 Å². The fourth-order valence-corrected chi connectivity index (χ4v) is 3.07. The molecule has 1 aromatic rings. The molecule has 1 amide bonds. The average Bonchev–Trinajstić information content (AvgIpc) is 3.18. The van der Waals surface area contributed by atoms with Crippen LogP contribution in [0.3, 0.4) is 0 Å². The van der Waals surface area contributed by atoms with E-state index >= 15 is 0 Å². The molecular weight excluding hydrogens is 262 g/mol. The molecule has 0 spiro atoms. The summed E-state index contributed by atoms with van der Waals surface area (Å²) in [5.74, 6) is -0.185. The predicted octanol–water partition coefficient (Wildman–Crippen LogP) is 1.95. The minimum atomic E-state index is -0.397. The number of carbonyl (C=O) groups is 1. The number of primary amides is 1. The van der Waals surface area contributed by atoms with Crippen LogP contribution in [0.15, 0.2) is 18.2 Å². The maximum atomic E-state index is 11.6. The lowest BCUT2D eigenvalue weighted by atomic mass is 9.89. The summed E-state index contributed by atoms with van der Waals surface area (Å²) in [6, 6.07) is 7.29. The SMILES string of the molecule is Cc1ccc(N2CCC(C)(C(N)=O)C2)c(CNC2CC2)c1. The molecule has 4 heteroatoms. The third-order valence-electron chi connectivity index (χ3n) is 4.80. The van der Waals surface area contributed by atoms with Crippen LogP contribution in [-0.2, 0) is 11.3 Å². The number of benzene rings is 1. The van der Waals surface area contributed by atoms with Crippen LogP contribution in [0.1, 0.15) is 37.3 Å². The Kier molecular flexibility index (Phi) is 3.66. The quantitative estimate of drug-likeness (QED) is 0.870. The van der Waals surface area contributed by atoms with E-state index in [9.17, 15) is 4.79 Å². The van der Waals surface area contributed by atoms with Gasteiger partial charge in [-0.1, -0.05) is 17.7 Å². The molecule has 1 saturated carbocycles. The minimum Gasteiger partial charge on any atom is -0.370 e. The maximum absolute atomic E-state index is 11.6. The highest BCUT2D eigenvalue weighted by atomic mass is 16.1. The molecule has 0 bridgehead atoms. The van der Waals surface area contributed by atoms with Gasteiger partial charge >= 0.3 is 0 Å². The van der Waals surface area contributed by atoms with Crippen molar-refractivity contribution >= 4 is 11.6 Å². The summed E-state index contributed by atoms with van der Waals surface area (Å²) in [5, 5.41) is 3.59. The molecular formula is C17H25N3O. The van der Waals surface area contributed by atoms with Crippen LogP contribution in [0.2, 0.25) is 0 Å². The van der Waals surface area contributed by atoms with Crippen molar-refractivity contribution in [2.24, 2.45) is 11.1 Å². The van der Waals surface area contributed by atoms with Crippen molar-refractivity contribution in [1.82, 2.24) is 5.32 Å². The van der Waals surface area contributed by atoms with Gasteiger partial charge in [0.15, 0.2) is 0 Å². The molecule has 21 heavy (non-hydrogen) atoms. The van der Waals surface area contributed by atoms with E-state index in [4.69, 9.17) is 5.73 Å². The topological polar surface area (TPSA) is 58.4 Å². The van der Waals surface area contributed by atoms with Crippen LogP contribution < -0.4 is 16.0 Å². The first-order valence-corrected chi connectivity index (χ1v) is 7.86. The van der Waals surface area contributed by atoms with E-state index in [0.717, 1.165) is 26.1 Å². The average molecular weight is 287 g/mol. The zero-order chi connectivity index (χ0) is 15.0. The zero-order valence-corrected chi connectivity index (χ0v) is 13.0. The van der Waals surface area contributed by atoms with Crippen LogP contribution in [-0.4, -0.2) is 25.0 Å². The molecule has 1 saturated heterocycles. The standard InChI is InChI=1S/C17H25N3O/c1-12-3-6-15(13(9-12)10-19-14-4-5-14)20-8-7-17(2,11-20)16(18)21/h3,6,9,14,19H,4-5,7-8,10-11H2,1-2H3,(H2,18,21). The first-order valence-electron chi connectivity index (χ1n) is 7.86. The van der Waals surface area contributed by atoms with Gasteiger partial charge in [-0.2, -0.15) is 0 Å². The number of nitrogens with zero attached hydrogens (tertiary/aromatic N) is 1. The Hall–Kier alpha value is -1.55. The minimum absolute atomic E-state index is 0.185. The lowest BCUT2D eigenvalue weighted by molar-refractivity contribution is -0.125. The Morgan fingerprint density at radius 2 is 2.24 bits per heavy atom. The van der Waals surface area contributed by atoms with Gasteiger partial charge in [0.2, 0.25) is 5.91 Å². The van der Waals surface area contributed by atoms with Crippen molar-refractivity contribution in [3.8, 4) is 0 Å². The number of nitrogens with one attached hydrogen (secondary N) is 1. The summed E-state index contributed by atoms with van der Waals surface area (Å²) in [5.41, 5.74) is 9.03. The van der Waals surface area contributed by atoms with Crippen molar-refractivity contribution in [1.29, 1.82) is 0 Å². The van der Waals surface area contributed by atoms with Gasteiger partial charge in [-0.3, -0.25) is 4.79 Å². The number of carbonyl (C=O) groups excluding carboxylic acids is 1. The van der Waals surface area contributed by atoms with Gasteiger partial charge in [-0.05, 0) is 44.7 Å². The molecule has 3 N–H and O–H groups in total. The molecule has 3 rings (SSSR count). The lowest BCUT2D eigenvalue weighted by Gasteiger charge is -2.25. The Balaban J connectivity index is 1.79. The van der Waals surface area contributed by atoms with Crippen LogP contribution in [0, 0.1) is 12.3 Å². The van der Waals surface area contributed by atoms with Gasteiger partial charge < -0.3 is 16.0 Å². The van der Waals surface area contributed by atoms with Crippen LogP contribution in [0.5, 0.6) is 0 Å². The second-order valence-corrected chi connectivity index (χ2v) is 6.88. The van der Waals surface area contributed by atoms with Crippen molar-refractivity contribution in [3.05, 3.63) is 29.3 Å². The molecule has 0 aromatic heterocycles. The van der Waals surface area contributed by atoms with Crippen LogP contribution in [0.4, 0.5) is 5.69 Å². The summed E-state index contributed by atoms with van der Waals surface area (Å²) < 4.78 is 0. The van der Waals surface area contributed by atoms with E-state index in [0.29, 0.717) is 6.04 Å². The summed E-state index contributed by atoms with van der Waals surface area (Å²) in [4.78, 5) is 14.0. The number of nitrogens with two attached hydrogens (primary N) is 1. The van der Waals surface area contributed by atoms with Gasteiger partial charge in [0.1, 0.15) is 0 Å². The fourth-order valence-electron chi connectivity index (χ4n) is 3.07. The Morgan fingerprint density at radius 3 is 2.86 bits per heavy atom. The number of rotatable bonds is 5. The predicted molar refractivity (Wildman–Crippen MR) is 85.2 cm³/mol. The second-order valence-electron chi connectivity index (χ2n) is 6.88. The second kappa shape index (κ2) is 5.34. The molecule has 0 radical (unpaired) electrons. The molecule has 2 aliphatic rings. The highest BCUT2D eigenvalue weighted by molar-refractivity contribution is 5.82. The first-order chi connectivity index (χ1) is 9.98. The fraction of sp³-hybridized carbons (Fsp3) is 0.588. The summed E-state index contributed by atoms with van der Waals surface area (Å²) in [7, 11) is 0. The van der Waals surface area contributed by atoms with Crippen LogP contribution in [0.25, 0.3) is 0 Å². The third kappa shape index (κ3) is 3.05. The number of anilines is 1. The summed E-state index contributed by atoms with van der Waals surface area (Å²) in [6.45, 7) is 6.64. The van der Waals surface area contributed by atoms with E-state index in [2.05, 4.69) is 35.3 Å². The van der Waals surface area contributed by atoms with Crippen molar-refractivity contribution in [2.75, 3.05) is 18.0 Å². The maximum Gasteiger partial charge on any atom is 0.225 e. The number of amides is 1. The Morgan fingerprint density at radius 1 is 1.48 bits per heavy atom. The van der Waals surface area contributed by atoms with Gasteiger partial charge in [0.05, 0.1) is 5.41 Å². The van der Waals surface area contributed by atoms with Crippen LogP contribution >= 0.6 is 0 Å². The van der Waals surface area contributed by atoms with Crippen molar-refractivity contribution in [2.45, 2.75) is 45.7 Å². The molecule has 1 unspecified atom stereocenters. The largest absolute Gasteiger partial charge is 0.370 e. The molecule has 1 aromatic carbocycles. The van der Waals surface area contributed by atoms with E-state index in [1.807, 2.05) is 6.92 Å². The Labute approximate surface area is 126 Å². The van der Waals surface area contributed by atoms with Crippen molar-refractivity contribution < 1.29 is 4.79 Å². The van der Waals surface area contributed by atoms with Gasteiger partial charge in [0, 0.05) is 31.4 Å². The lowest BCUT2D eigenvalue weighted by Crippen LogP contribution is -2.37. The van der Waals surface area contributed by atoms with Crippen molar-refractivity contribution in [3.63, 3.8) is 0 Å². The molecule has 114 valence electrons. The first kappa shape index (κ1) is 14.4. The molecule has 2 fully saturated rings. The van der Waals surface area contributed by atoms with Gasteiger partial charge in [-0.25, -0.2) is 0 Å². The molecule has 1 aliphatic heterocycles. The molecule has 4 nitrogen and oxygen atoms in total. The molecule has 1 atom stereocenters. The summed E-state index contributed by atoms with van der Waals surface area (Å²) in [6.07, 6.45) is 3.43. The smallest absolute Gasteiger partial charge is 0.225 e. The third-order valence-corrected chi connectivity index (χ3v) is 4.80. The Bertz CT molecular complexity index is 553. The number of aryl methyl sites for hydroxylation is 1. The molecule has 1 heterocycles. The van der Waals surface area contributed by atoms with Gasteiger partial charge in [0.25, 0.3) is 0 Å². The van der Waals surface area contributed by atoms with E-state index in [1.54, 1.807) is 0 Å². The van der Waals surface area contributed by atoms with E-state index in [-0.39, 0.29) is 5.91 Å². The zero-order valence-electron chi connectivity index (χ0n) is 13.0. The normalized spacial score (nSPS) is 25.3. The summed E-state index contributed by atoms with van der Waals surface area (Å²) >= 11 is 0. The highest BCUT2D eigenvalue weighted by Crippen LogP contribution is 2.35. The van der Waals surface area contributed by atoms with E-state index < -0.39 is 5.41 Å². The monoisotopic (exact) mass is 287 g/mol. The molecule has 1 aliphatic carbocycles.